The van der Waals surface area contributed by atoms with E-state index >= 15 is 0 Å². The summed E-state index contributed by atoms with van der Waals surface area (Å²) in [6, 6.07) is 17.3. The zero-order valence-electron chi connectivity index (χ0n) is 11.8. The van der Waals surface area contributed by atoms with E-state index in [0.717, 1.165) is 11.1 Å². The van der Waals surface area contributed by atoms with Gasteiger partial charge in [0.1, 0.15) is 0 Å². The molecule has 0 bridgehead atoms. The van der Waals surface area contributed by atoms with Crippen LogP contribution in [0.5, 0.6) is 0 Å². The second-order valence-corrected chi connectivity index (χ2v) is 4.92. The Balaban J connectivity index is 2.05. The molecule has 0 unspecified atom stereocenters. The van der Waals surface area contributed by atoms with Gasteiger partial charge in [0.05, 0.1) is 0 Å². The van der Waals surface area contributed by atoms with Gasteiger partial charge < -0.3 is 16.2 Å². The molecule has 4 heteroatoms. The van der Waals surface area contributed by atoms with Crippen molar-refractivity contribution in [3.05, 3.63) is 71.3 Å². The molecule has 110 valence electrons. The third-order valence-electron chi connectivity index (χ3n) is 3.38. The lowest BCUT2D eigenvalue weighted by molar-refractivity contribution is 0.1000. The van der Waals surface area contributed by atoms with Crippen molar-refractivity contribution in [3.63, 3.8) is 0 Å². The van der Waals surface area contributed by atoms with Gasteiger partial charge in [0.15, 0.2) is 0 Å². The second kappa shape index (κ2) is 7.57. The Labute approximate surface area is 124 Å². The summed E-state index contributed by atoms with van der Waals surface area (Å²) in [6.45, 7) is 0.731. The first-order valence-corrected chi connectivity index (χ1v) is 6.98. The standard InChI is InChI=1S/C17H20N2O2/c18-17(21)15-8-4-5-13(11-15)12-19-16(9-10-20)14-6-2-1-3-7-14/h1-8,11,16,19-20H,9-10,12H2,(H2,18,21)/t16-/m1/s1. The molecule has 0 saturated heterocycles. The molecule has 1 atom stereocenters. The monoisotopic (exact) mass is 284 g/mol. The molecular weight excluding hydrogens is 264 g/mol. The van der Waals surface area contributed by atoms with Crippen LogP contribution in [0.4, 0.5) is 0 Å². The third-order valence-corrected chi connectivity index (χ3v) is 3.38. The predicted molar refractivity (Wildman–Crippen MR) is 82.7 cm³/mol. The molecule has 2 aromatic rings. The summed E-state index contributed by atoms with van der Waals surface area (Å²) in [5.41, 5.74) is 7.92. The summed E-state index contributed by atoms with van der Waals surface area (Å²) in [5, 5.41) is 12.6. The largest absolute Gasteiger partial charge is 0.396 e. The zero-order valence-corrected chi connectivity index (χ0v) is 11.8. The summed E-state index contributed by atoms with van der Waals surface area (Å²) >= 11 is 0. The van der Waals surface area contributed by atoms with E-state index in [1.165, 1.54) is 0 Å². The molecule has 0 spiro atoms. The van der Waals surface area contributed by atoms with Crippen molar-refractivity contribution < 1.29 is 9.90 Å². The van der Waals surface area contributed by atoms with Crippen LogP contribution in [-0.2, 0) is 6.54 Å². The third kappa shape index (κ3) is 4.41. The number of nitrogens with one attached hydrogen (secondary N) is 1. The van der Waals surface area contributed by atoms with Crippen molar-refractivity contribution in [1.82, 2.24) is 5.32 Å². The number of hydrogen-bond acceptors (Lipinski definition) is 3. The summed E-state index contributed by atoms with van der Waals surface area (Å²) in [7, 11) is 0. The minimum absolute atomic E-state index is 0.0773. The molecule has 21 heavy (non-hydrogen) atoms. The van der Waals surface area contributed by atoms with Crippen molar-refractivity contribution in [2.75, 3.05) is 6.61 Å². The molecule has 0 aliphatic rings. The molecule has 2 aromatic carbocycles. The van der Waals surface area contributed by atoms with E-state index < -0.39 is 5.91 Å². The number of carbonyl (C=O) groups excluding carboxylic acids is 1. The highest BCUT2D eigenvalue weighted by molar-refractivity contribution is 5.92. The average molecular weight is 284 g/mol. The highest BCUT2D eigenvalue weighted by Crippen LogP contribution is 2.17. The highest BCUT2D eigenvalue weighted by Gasteiger charge is 2.10. The molecule has 0 aromatic heterocycles. The van der Waals surface area contributed by atoms with Gasteiger partial charge in [0.25, 0.3) is 0 Å². The number of aliphatic hydroxyl groups excluding tert-OH is 1. The first-order chi connectivity index (χ1) is 10.2. The van der Waals surface area contributed by atoms with Gasteiger partial charge in [-0.3, -0.25) is 4.79 Å². The van der Waals surface area contributed by atoms with Gasteiger partial charge in [0, 0.05) is 24.8 Å². The topological polar surface area (TPSA) is 75.4 Å². The maximum Gasteiger partial charge on any atom is 0.248 e. The Bertz CT molecular complexity index is 584. The molecule has 0 saturated carbocycles. The van der Waals surface area contributed by atoms with E-state index in [4.69, 9.17) is 5.73 Å². The normalized spacial score (nSPS) is 12.0. The van der Waals surface area contributed by atoms with Crippen LogP contribution in [0.2, 0.25) is 0 Å². The number of aliphatic hydroxyl groups is 1. The molecule has 1 amide bonds. The minimum atomic E-state index is -0.424. The molecule has 0 heterocycles. The molecule has 2 rings (SSSR count). The molecule has 0 radical (unpaired) electrons. The molecule has 4 nitrogen and oxygen atoms in total. The number of primary amides is 1. The Kier molecular flexibility index (Phi) is 5.49. The molecule has 4 N–H and O–H groups in total. The maximum absolute atomic E-state index is 11.2. The lowest BCUT2D eigenvalue weighted by atomic mass is 10.0. The first-order valence-electron chi connectivity index (χ1n) is 6.98. The number of rotatable bonds is 7. The van der Waals surface area contributed by atoms with E-state index in [0.29, 0.717) is 18.5 Å². The Morgan fingerprint density at radius 3 is 2.57 bits per heavy atom. The van der Waals surface area contributed by atoms with Crippen molar-refractivity contribution in [3.8, 4) is 0 Å². The smallest absolute Gasteiger partial charge is 0.248 e. The lowest BCUT2D eigenvalue weighted by Gasteiger charge is -2.18. The number of benzene rings is 2. The van der Waals surface area contributed by atoms with Gasteiger partial charge in [0.2, 0.25) is 5.91 Å². The van der Waals surface area contributed by atoms with Crippen LogP contribution in [0, 0.1) is 0 Å². The zero-order chi connectivity index (χ0) is 15.1. The van der Waals surface area contributed by atoms with Crippen molar-refractivity contribution in [1.29, 1.82) is 0 Å². The highest BCUT2D eigenvalue weighted by atomic mass is 16.3. The lowest BCUT2D eigenvalue weighted by Crippen LogP contribution is -2.22. The number of hydrogen-bond donors (Lipinski definition) is 3. The van der Waals surface area contributed by atoms with Crippen LogP contribution in [0.15, 0.2) is 54.6 Å². The van der Waals surface area contributed by atoms with Gasteiger partial charge in [-0.25, -0.2) is 0 Å². The van der Waals surface area contributed by atoms with E-state index in [9.17, 15) is 9.90 Å². The fraction of sp³-hybridized carbons (Fsp3) is 0.235. The van der Waals surface area contributed by atoms with Crippen molar-refractivity contribution >= 4 is 5.91 Å². The van der Waals surface area contributed by atoms with Gasteiger partial charge in [-0.2, -0.15) is 0 Å². The van der Waals surface area contributed by atoms with E-state index in [-0.39, 0.29) is 12.6 Å². The summed E-state index contributed by atoms with van der Waals surface area (Å²) in [5.74, 6) is -0.424. The van der Waals surface area contributed by atoms with Crippen molar-refractivity contribution in [2.24, 2.45) is 5.73 Å². The predicted octanol–water partition coefficient (Wildman–Crippen LogP) is 2.00. The van der Waals surface area contributed by atoms with Crippen LogP contribution >= 0.6 is 0 Å². The average Bonchev–Trinajstić information content (AvgIpc) is 2.52. The summed E-state index contributed by atoms with van der Waals surface area (Å²) in [4.78, 5) is 11.2. The number of amides is 1. The van der Waals surface area contributed by atoms with Crippen LogP contribution in [0.1, 0.15) is 33.9 Å². The Morgan fingerprint density at radius 2 is 1.90 bits per heavy atom. The second-order valence-electron chi connectivity index (χ2n) is 4.92. The minimum Gasteiger partial charge on any atom is -0.396 e. The van der Waals surface area contributed by atoms with E-state index in [1.807, 2.05) is 42.5 Å². The van der Waals surface area contributed by atoms with Gasteiger partial charge in [-0.05, 0) is 29.7 Å². The van der Waals surface area contributed by atoms with Gasteiger partial charge >= 0.3 is 0 Å². The summed E-state index contributed by atoms with van der Waals surface area (Å²) < 4.78 is 0. The van der Waals surface area contributed by atoms with Crippen LogP contribution in [0.25, 0.3) is 0 Å². The van der Waals surface area contributed by atoms with Crippen molar-refractivity contribution in [2.45, 2.75) is 19.0 Å². The summed E-state index contributed by atoms with van der Waals surface area (Å²) in [6.07, 6.45) is 0.638. The van der Waals surface area contributed by atoms with E-state index in [2.05, 4.69) is 5.32 Å². The molecule has 0 aliphatic heterocycles. The number of nitrogens with two attached hydrogens (primary N) is 1. The maximum atomic E-state index is 11.2. The van der Waals surface area contributed by atoms with Crippen LogP contribution in [0.3, 0.4) is 0 Å². The molecular formula is C17H20N2O2. The fourth-order valence-electron chi connectivity index (χ4n) is 2.28. The fourth-order valence-corrected chi connectivity index (χ4v) is 2.28. The van der Waals surface area contributed by atoms with Gasteiger partial charge in [-0.15, -0.1) is 0 Å². The first kappa shape index (κ1) is 15.2. The van der Waals surface area contributed by atoms with Gasteiger partial charge in [-0.1, -0.05) is 42.5 Å². The molecule has 0 fully saturated rings. The Morgan fingerprint density at radius 1 is 1.14 bits per heavy atom. The number of carbonyl (C=O) groups is 1. The van der Waals surface area contributed by atoms with Crippen LogP contribution < -0.4 is 11.1 Å². The van der Waals surface area contributed by atoms with Crippen LogP contribution in [-0.4, -0.2) is 17.6 Å². The quantitative estimate of drug-likeness (QED) is 0.728. The molecule has 0 aliphatic carbocycles. The SMILES string of the molecule is NC(=O)c1cccc(CN[C@H](CCO)c2ccccc2)c1. The Hall–Kier alpha value is -2.17. The van der Waals surface area contributed by atoms with E-state index in [1.54, 1.807) is 12.1 Å².